The summed E-state index contributed by atoms with van der Waals surface area (Å²) in [6, 6.07) is 9.90. The van der Waals surface area contributed by atoms with Crippen molar-refractivity contribution in [1.29, 1.82) is 0 Å². The van der Waals surface area contributed by atoms with E-state index in [0.717, 1.165) is 5.56 Å². The molecule has 0 spiro atoms. The Hall–Kier alpha value is -1.14. The highest BCUT2D eigenvalue weighted by Gasteiger charge is 2.21. The van der Waals surface area contributed by atoms with Crippen LogP contribution in [0.4, 0.5) is 0 Å². The van der Waals surface area contributed by atoms with E-state index in [9.17, 15) is 8.42 Å². The Morgan fingerprint density at radius 2 is 1.75 bits per heavy atom. The molecule has 0 unspecified atom stereocenters. The maximum Gasteiger partial charge on any atom is 0.244 e. The van der Waals surface area contributed by atoms with E-state index in [2.05, 4.69) is 4.98 Å². The zero-order valence-electron chi connectivity index (χ0n) is 10.6. The number of hydrogen-bond donors (Lipinski definition) is 0. The standard InChI is InChI=1S/C13H12Cl2N2O2S/c1-17(9-10-2-4-11(14)5-3-10)20(18,19)12-6-7-13(15)16-8-12/h2-8H,9H2,1H3. The quantitative estimate of drug-likeness (QED) is 0.809. The number of nitrogens with zero attached hydrogens (tertiary/aromatic N) is 2. The third-order valence-corrected chi connectivity index (χ3v) is 4.99. The van der Waals surface area contributed by atoms with Crippen molar-refractivity contribution in [2.45, 2.75) is 11.4 Å². The smallest absolute Gasteiger partial charge is 0.243 e. The maximum absolute atomic E-state index is 12.3. The zero-order valence-corrected chi connectivity index (χ0v) is 13.0. The molecule has 1 heterocycles. The molecule has 0 aliphatic heterocycles. The molecule has 20 heavy (non-hydrogen) atoms. The second-order valence-electron chi connectivity index (χ2n) is 4.20. The van der Waals surface area contributed by atoms with Gasteiger partial charge in [-0.1, -0.05) is 35.3 Å². The van der Waals surface area contributed by atoms with Crippen molar-refractivity contribution in [3.05, 3.63) is 58.3 Å². The third-order valence-electron chi connectivity index (χ3n) is 2.73. The summed E-state index contributed by atoms with van der Waals surface area (Å²) in [5.41, 5.74) is 0.849. The van der Waals surface area contributed by atoms with Gasteiger partial charge in [-0.05, 0) is 29.8 Å². The van der Waals surface area contributed by atoms with Crippen molar-refractivity contribution in [2.75, 3.05) is 7.05 Å². The lowest BCUT2D eigenvalue weighted by Gasteiger charge is -2.17. The van der Waals surface area contributed by atoms with E-state index in [-0.39, 0.29) is 16.6 Å². The molecule has 1 aromatic carbocycles. The van der Waals surface area contributed by atoms with Crippen LogP contribution in [-0.4, -0.2) is 24.8 Å². The van der Waals surface area contributed by atoms with Gasteiger partial charge in [0.2, 0.25) is 10.0 Å². The molecule has 0 fully saturated rings. The Kier molecular flexibility index (Phi) is 4.65. The van der Waals surface area contributed by atoms with Crippen LogP contribution >= 0.6 is 23.2 Å². The normalized spacial score (nSPS) is 11.8. The predicted octanol–water partition coefficient (Wildman–Crippen LogP) is 3.21. The van der Waals surface area contributed by atoms with Crippen molar-refractivity contribution in [3.8, 4) is 0 Å². The fraction of sp³-hybridized carbons (Fsp3) is 0.154. The molecule has 0 saturated carbocycles. The van der Waals surface area contributed by atoms with Crippen LogP contribution in [0, 0.1) is 0 Å². The number of aromatic nitrogens is 1. The van der Waals surface area contributed by atoms with Gasteiger partial charge in [0.1, 0.15) is 10.0 Å². The molecule has 0 saturated heterocycles. The maximum atomic E-state index is 12.3. The fourth-order valence-corrected chi connectivity index (χ4v) is 2.97. The summed E-state index contributed by atoms with van der Waals surface area (Å²) in [6.45, 7) is 0.252. The first-order chi connectivity index (χ1) is 9.39. The SMILES string of the molecule is CN(Cc1ccc(Cl)cc1)S(=O)(=O)c1ccc(Cl)nc1. The summed E-state index contributed by atoms with van der Waals surface area (Å²) < 4.78 is 25.9. The highest BCUT2D eigenvalue weighted by atomic mass is 35.5. The van der Waals surface area contributed by atoms with E-state index >= 15 is 0 Å². The van der Waals surface area contributed by atoms with Gasteiger partial charge in [0, 0.05) is 24.8 Å². The molecular weight excluding hydrogens is 319 g/mol. The average molecular weight is 331 g/mol. The molecule has 0 radical (unpaired) electrons. The van der Waals surface area contributed by atoms with Crippen LogP contribution in [-0.2, 0) is 16.6 Å². The molecule has 0 N–H and O–H groups in total. The molecule has 2 rings (SSSR count). The van der Waals surface area contributed by atoms with E-state index < -0.39 is 10.0 Å². The molecule has 7 heteroatoms. The molecule has 0 aliphatic carbocycles. The Labute approximate surface area is 128 Å². The van der Waals surface area contributed by atoms with Crippen molar-refractivity contribution in [3.63, 3.8) is 0 Å². The van der Waals surface area contributed by atoms with Crippen LogP contribution < -0.4 is 0 Å². The van der Waals surface area contributed by atoms with Crippen molar-refractivity contribution >= 4 is 33.2 Å². The van der Waals surface area contributed by atoms with E-state index in [4.69, 9.17) is 23.2 Å². The van der Waals surface area contributed by atoms with Crippen LogP contribution in [0.5, 0.6) is 0 Å². The lowest BCUT2D eigenvalue weighted by molar-refractivity contribution is 0.466. The Morgan fingerprint density at radius 3 is 2.30 bits per heavy atom. The van der Waals surface area contributed by atoms with Gasteiger partial charge in [0.15, 0.2) is 0 Å². The highest BCUT2D eigenvalue weighted by molar-refractivity contribution is 7.89. The summed E-state index contributed by atoms with van der Waals surface area (Å²) in [4.78, 5) is 3.90. The number of pyridine rings is 1. The van der Waals surface area contributed by atoms with Crippen molar-refractivity contribution in [1.82, 2.24) is 9.29 Å². The van der Waals surface area contributed by atoms with Gasteiger partial charge in [-0.25, -0.2) is 13.4 Å². The van der Waals surface area contributed by atoms with Crippen LogP contribution in [0.2, 0.25) is 10.2 Å². The van der Waals surface area contributed by atoms with Gasteiger partial charge < -0.3 is 0 Å². The lowest BCUT2D eigenvalue weighted by Crippen LogP contribution is -2.26. The molecular formula is C13H12Cl2N2O2S. The van der Waals surface area contributed by atoms with Crippen molar-refractivity contribution in [2.24, 2.45) is 0 Å². The van der Waals surface area contributed by atoms with E-state index in [0.29, 0.717) is 5.02 Å². The van der Waals surface area contributed by atoms with Crippen LogP contribution in [0.25, 0.3) is 0 Å². The molecule has 2 aromatic rings. The largest absolute Gasteiger partial charge is 0.244 e. The molecule has 0 aliphatic rings. The lowest BCUT2D eigenvalue weighted by atomic mass is 10.2. The molecule has 0 atom stereocenters. The minimum atomic E-state index is -3.58. The van der Waals surface area contributed by atoms with Gasteiger partial charge in [-0.2, -0.15) is 4.31 Å². The average Bonchev–Trinajstić information content (AvgIpc) is 2.42. The third kappa shape index (κ3) is 3.49. The van der Waals surface area contributed by atoms with Gasteiger partial charge in [-0.3, -0.25) is 0 Å². The first kappa shape index (κ1) is 15.3. The Morgan fingerprint density at radius 1 is 1.10 bits per heavy atom. The number of benzene rings is 1. The number of sulfonamides is 1. The van der Waals surface area contributed by atoms with Gasteiger partial charge in [-0.15, -0.1) is 0 Å². The van der Waals surface area contributed by atoms with E-state index in [1.54, 1.807) is 24.3 Å². The van der Waals surface area contributed by atoms with Gasteiger partial charge in [0.05, 0.1) is 0 Å². The number of rotatable bonds is 4. The van der Waals surface area contributed by atoms with E-state index in [1.807, 2.05) is 0 Å². The minimum absolute atomic E-state index is 0.110. The van der Waals surface area contributed by atoms with Crippen LogP contribution in [0.15, 0.2) is 47.5 Å². The van der Waals surface area contributed by atoms with Crippen LogP contribution in [0.3, 0.4) is 0 Å². The second kappa shape index (κ2) is 6.10. The van der Waals surface area contributed by atoms with E-state index in [1.165, 1.54) is 29.7 Å². The number of halogens is 2. The zero-order chi connectivity index (χ0) is 14.8. The van der Waals surface area contributed by atoms with Gasteiger partial charge in [0.25, 0.3) is 0 Å². The summed E-state index contributed by atoms with van der Waals surface area (Å²) in [6.07, 6.45) is 1.25. The highest BCUT2D eigenvalue weighted by Crippen LogP contribution is 2.18. The van der Waals surface area contributed by atoms with Gasteiger partial charge >= 0.3 is 0 Å². The first-order valence-electron chi connectivity index (χ1n) is 5.72. The summed E-state index contributed by atoms with van der Waals surface area (Å²) in [7, 11) is -2.07. The topological polar surface area (TPSA) is 50.3 Å². The molecule has 1 aromatic heterocycles. The Balaban J connectivity index is 2.21. The molecule has 106 valence electrons. The fourth-order valence-electron chi connectivity index (χ4n) is 1.63. The first-order valence-corrected chi connectivity index (χ1v) is 7.91. The molecule has 4 nitrogen and oxygen atoms in total. The summed E-state index contributed by atoms with van der Waals surface area (Å²) in [5.74, 6) is 0. The second-order valence-corrected chi connectivity index (χ2v) is 7.07. The minimum Gasteiger partial charge on any atom is -0.243 e. The summed E-state index contributed by atoms with van der Waals surface area (Å²) >= 11 is 11.5. The van der Waals surface area contributed by atoms with Crippen LogP contribution in [0.1, 0.15) is 5.56 Å². The molecule has 0 amide bonds. The predicted molar refractivity (Wildman–Crippen MR) is 79.4 cm³/mol. The molecule has 0 bridgehead atoms. The summed E-state index contributed by atoms with van der Waals surface area (Å²) in [5, 5.41) is 0.866. The van der Waals surface area contributed by atoms with Crippen molar-refractivity contribution < 1.29 is 8.42 Å². The monoisotopic (exact) mass is 330 g/mol. The Bertz CT molecular complexity index is 685. The number of hydrogen-bond acceptors (Lipinski definition) is 3.